The molecule has 0 radical (unpaired) electrons. The highest BCUT2D eigenvalue weighted by molar-refractivity contribution is 5.45. The number of imidazole rings is 1. The van der Waals surface area contributed by atoms with Crippen molar-refractivity contribution in [1.29, 1.82) is 0 Å². The summed E-state index contributed by atoms with van der Waals surface area (Å²) in [5.41, 5.74) is 6.36. The van der Waals surface area contributed by atoms with Crippen molar-refractivity contribution < 1.29 is 0 Å². The van der Waals surface area contributed by atoms with E-state index in [1.165, 1.54) is 6.33 Å². The van der Waals surface area contributed by atoms with Crippen LogP contribution in [0.3, 0.4) is 0 Å². The van der Waals surface area contributed by atoms with Crippen molar-refractivity contribution in [3.63, 3.8) is 0 Å². The van der Waals surface area contributed by atoms with E-state index in [2.05, 4.69) is 20.4 Å². The van der Waals surface area contributed by atoms with E-state index in [1.54, 1.807) is 4.40 Å². The van der Waals surface area contributed by atoms with Gasteiger partial charge in [-0.3, -0.25) is 4.40 Å². The Balaban J connectivity index is 2.92. The van der Waals surface area contributed by atoms with E-state index in [0.717, 1.165) is 5.69 Å². The first-order valence-corrected chi connectivity index (χ1v) is 3.07. The molecule has 0 atom stereocenters. The molecule has 56 valence electrons. The first-order valence-electron chi connectivity index (χ1n) is 3.07. The van der Waals surface area contributed by atoms with Crippen molar-refractivity contribution in [2.75, 3.05) is 5.73 Å². The normalized spacial score (nSPS) is 10.6. The monoisotopic (exact) mass is 150 g/mol. The van der Waals surface area contributed by atoms with Gasteiger partial charge in [0.15, 0.2) is 0 Å². The second-order valence-electron chi connectivity index (χ2n) is 2.17. The lowest BCUT2D eigenvalue weighted by atomic mass is 10.5. The summed E-state index contributed by atoms with van der Waals surface area (Å²) in [4.78, 5) is 3.94. The Morgan fingerprint density at radius 2 is 2.36 bits per heavy atom. The van der Waals surface area contributed by atoms with Gasteiger partial charge in [0, 0.05) is 0 Å². The van der Waals surface area contributed by atoms with Crippen molar-refractivity contribution >= 4 is 11.6 Å². The minimum atomic E-state index is 0.465. The van der Waals surface area contributed by atoms with Gasteiger partial charge in [-0.15, -0.1) is 5.10 Å². The Morgan fingerprint density at radius 3 is 3.09 bits per heavy atom. The van der Waals surface area contributed by atoms with Gasteiger partial charge < -0.3 is 5.73 Å². The maximum atomic E-state index is 5.53. The number of fused-ring (bicyclic) bond motifs is 1. The highest BCUT2D eigenvalue weighted by Crippen LogP contribution is 2.08. The van der Waals surface area contributed by atoms with Crippen LogP contribution in [0.4, 0.5) is 5.82 Å². The molecule has 2 rings (SSSR count). The van der Waals surface area contributed by atoms with Gasteiger partial charge in [-0.1, -0.05) is 5.10 Å². The molecule has 0 unspecified atom stereocenters. The molecule has 2 aromatic rings. The highest BCUT2D eigenvalue weighted by atomic mass is 15.4. The van der Waals surface area contributed by atoms with Crippen LogP contribution in [0.5, 0.6) is 0 Å². The molecule has 0 aliphatic rings. The molecule has 0 aliphatic carbocycles. The quantitative estimate of drug-likeness (QED) is 0.542. The number of aryl methyl sites for hydroxylation is 1. The van der Waals surface area contributed by atoms with Crippen molar-refractivity contribution in [2.45, 2.75) is 6.92 Å². The number of hydrogen-bond donors (Lipinski definition) is 1. The Morgan fingerprint density at radius 1 is 1.55 bits per heavy atom. The summed E-state index contributed by atoms with van der Waals surface area (Å²) in [6, 6.07) is 0. The number of aromatic nitrogens is 5. The maximum absolute atomic E-state index is 5.53. The minimum absolute atomic E-state index is 0.465. The zero-order chi connectivity index (χ0) is 7.84. The standard InChI is InChI=1S/C5H6N6/c1-3-4(6)8-5-9-10-7-2-11(3)5/h2H,6H2,1H3. The molecule has 11 heavy (non-hydrogen) atoms. The van der Waals surface area contributed by atoms with E-state index < -0.39 is 0 Å². The van der Waals surface area contributed by atoms with Crippen LogP contribution in [0.1, 0.15) is 5.69 Å². The molecular weight excluding hydrogens is 144 g/mol. The molecule has 0 spiro atoms. The third-order valence-electron chi connectivity index (χ3n) is 1.52. The smallest absolute Gasteiger partial charge is 0.258 e. The van der Waals surface area contributed by atoms with E-state index in [1.807, 2.05) is 6.92 Å². The van der Waals surface area contributed by atoms with Crippen molar-refractivity contribution in [3.05, 3.63) is 12.0 Å². The van der Waals surface area contributed by atoms with E-state index in [0.29, 0.717) is 11.6 Å². The topological polar surface area (TPSA) is 82.0 Å². The Bertz CT molecular complexity index is 391. The van der Waals surface area contributed by atoms with Crippen LogP contribution in [0.15, 0.2) is 6.33 Å². The molecule has 0 aliphatic heterocycles. The van der Waals surface area contributed by atoms with E-state index >= 15 is 0 Å². The van der Waals surface area contributed by atoms with E-state index in [9.17, 15) is 0 Å². The van der Waals surface area contributed by atoms with Crippen LogP contribution in [0.25, 0.3) is 5.78 Å². The maximum Gasteiger partial charge on any atom is 0.258 e. The van der Waals surface area contributed by atoms with Crippen molar-refractivity contribution in [2.24, 2.45) is 0 Å². The van der Waals surface area contributed by atoms with Gasteiger partial charge in [0.2, 0.25) is 0 Å². The molecule has 6 nitrogen and oxygen atoms in total. The molecule has 0 bridgehead atoms. The van der Waals surface area contributed by atoms with Gasteiger partial charge in [-0.25, -0.2) is 0 Å². The van der Waals surface area contributed by atoms with Crippen LogP contribution in [0, 0.1) is 6.92 Å². The fraction of sp³-hybridized carbons (Fsp3) is 0.200. The van der Waals surface area contributed by atoms with E-state index in [4.69, 9.17) is 5.73 Å². The molecule has 6 heteroatoms. The minimum Gasteiger partial charge on any atom is -0.382 e. The van der Waals surface area contributed by atoms with Crippen LogP contribution < -0.4 is 5.73 Å². The lowest BCUT2D eigenvalue weighted by Crippen LogP contribution is -1.95. The summed E-state index contributed by atoms with van der Waals surface area (Å²) >= 11 is 0. The molecular formula is C5H6N6. The first kappa shape index (κ1) is 6.02. The predicted octanol–water partition coefficient (Wildman–Crippen LogP) is -0.590. The van der Waals surface area contributed by atoms with Crippen LogP contribution >= 0.6 is 0 Å². The Hall–Kier alpha value is -1.72. The zero-order valence-electron chi connectivity index (χ0n) is 5.89. The molecule has 2 N–H and O–H groups in total. The molecule has 0 saturated heterocycles. The fourth-order valence-corrected chi connectivity index (χ4v) is 0.865. The molecule has 0 saturated carbocycles. The average Bonchev–Trinajstić information content (AvgIpc) is 2.30. The van der Waals surface area contributed by atoms with Gasteiger partial charge in [0.1, 0.15) is 12.1 Å². The molecule has 2 heterocycles. The lowest BCUT2D eigenvalue weighted by Gasteiger charge is -1.89. The third-order valence-corrected chi connectivity index (χ3v) is 1.52. The van der Waals surface area contributed by atoms with Gasteiger partial charge in [0.05, 0.1) is 5.69 Å². The summed E-state index contributed by atoms with van der Waals surface area (Å²) in [6.07, 6.45) is 1.53. The SMILES string of the molecule is Cc1c(N)nc2nnncn12. The number of nitrogens with two attached hydrogens (primary N) is 1. The van der Waals surface area contributed by atoms with Crippen LogP contribution in [0.2, 0.25) is 0 Å². The number of hydrogen-bond acceptors (Lipinski definition) is 5. The molecule has 0 fully saturated rings. The van der Waals surface area contributed by atoms with Crippen molar-refractivity contribution in [3.8, 4) is 0 Å². The van der Waals surface area contributed by atoms with Crippen molar-refractivity contribution in [1.82, 2.24) is 24.8 Å². The van der Waals surface area contributed by atoms with E-state index in [-0.39, 0.29) is 0 Å². The number of nitrogens with zero attached hydrogens (tertiary/aromatic N) is 5. The molecule has 0 aromatic carbocycles. The number of nitrogen functional groups attached to an aromatic ring is 1. The summed E-state index contributed by atoms with van der Waals surface area (Å²) in [5.74, 6) is 0.947. The van der Waals surface area contributed by atoms with Gasteiger partial charge in [-0.2, -0.15) is 4.98 Å². The number of rotatable bonds is 0. The first-order chi connectivity index (χ1) is 5.29. The summed E-state index contributed by atoms with van der Waals surface area (Å²) in [7, 11) is 0. The Labute approximate surface area is 62.1 Å². The summed E-state index contributed by atoms with van der Waals surface area (Å²) < 4.78 is 1.68. The van der Waals surface area contributed by atoms with Crippen LogP contribution in [-0.4, -0.2) is 24.8 Å². The second-order valence-corrected chi connectivity index (χ2v) is 2.17. The third kappa shape index (κ3) is 0.721. The average molecular weight is 150 g/mol. The van der Waals surface area contributed by atoms with Crippen LogP contribution in [-0.2, 0) is 0 Å². The van der Waals surface area contributed by atoms with Gasteiger partial charge in [-0.05, 0) is 12.1 Å². The summed E-state index contributed by atoms with van der Waals surface area (Å²) in [6.45, 7) is 1.85. The zero-order valence-corrected chi connectivity index (χ0v) is 5.89. The lowest BCUT2D eigenvalue weighted by molar-refractivity contribution is 0.810. The summed E-state index contributed by atoms with van der Waals surface area (Å²) in [5, 5.41) is 10.7. The molecule has 0 amide bonds. The van der Waals surface area contributed by atoms with Gasteiger partial charge in [0.25, 0.3) is 5.78 Å². The highest BCUT2D eigenvalue weighted by Gasteiger charge is 2.04. The number of anilines is 1. The Kier molecular flexibility index (Phi) is 1.03. The second kappa shape index (κ2) is 1.88. The largest absolute Gasteiger partial charge is 0.382 e. The van der Waals surface area contributed by atoms with Gasteiger partial charge >= 0.3 is 0 Å². The fourth-order valence-electron chi connectivity index (χ4n) is 0.865. The predicted molar refractivity (Wildman–Crippen MR) is 37.7 cm³/mol. The molecule has 2 aromatic heterocycles.